The first-order valence-electron chi connectivity index (χ1n) is 4.89. The predicted molar refractivity (Wildman–Crippen MR) is 60.6 cm³/mol. The number of hydrogen-bond donors (Lipinski definition) is 1. The molecule has 1 unspecified atom stereocenters. The van der Waals surface area contributed by atoms with Crippen molar-refractivity contribution in [2.45, 2.75) is 5.92 Å². The highest BCUT2D eigenvalue weighted by atomic mass is 32.1. The maximum Gasteiger partial charge on any atom is 0.132 e. The van der Waals surface area contributed by atoms with Crippen LogP contribution in [-0.2, 0) is 0 Å². The quantitative estimate of drug-likeness (QED) is 0.784. The predicted octanol–water partition coefficient (Wildman–Crippen LogP) is 2.96. The van der Waals surface area contributed by atoms with E-state index in [1.807, 2.05) is 11.4 Å². The monoisotopic (exact) mass is 219 g/mol. The van der Waals surface area contributed by atoms with E-state index in [1.165, 1.54) is 11.6 Å². The Hall–Kier alpha value is -1.19. The molecule has 2 aromatic rings. The Morgan fingerprint density at radius 3 is 2.93 bits per heavy atom. The summed E-state index contributed by atoms with van der Waals surface area (Å²) in [6.45, 7) is 0.542. The molecule has 1 heterocycles. The van der Waals surface area contributed by atoms with E-state index in [1.54, 1.807) is 17.4 Å². The van der Waals surface area contributed by atoms with E-state index in [4.69, 9.17) is 5.73 Å². The summed E-state index contributed by atoms with van der Waals surface area (Å²) in [5, 5.41) is 2.00. The number of benzene rings is 1. The van der Waals surface area contributed by atoms with Crippen LogP contribution in [0, 0.1) is 5.82 Å². The van der Waals surface area contributed by atoms with E-state index in [0.717, 1.165) is 16.0 Å². The number of halogens is 1. The van der Waals surface area contributed by atoms with Crippen LogP contribution in [0.2, 0.25) is 0 Å². The molecule has 0 saturated carbocycles. The van der Waals surface area contributed by atoms with Crippen LogP contribution in [0.1, 0.15) is 17.0 Å². The third-order valence-corrected chi connectivity index (χ3v) is 3.90. The van der Waals surface area contributed by atoms with E-state index in [2.05, 4.69) is 6.07 Å². The first-order chi connectivity index (χ1) is 7.33. The second-order valence-electron chi connectivity index (χ2n) is 3.70. The van der Waals surface area contributed by atoms with Crippen LogP contribution >= 0.6 is 11.3 Å². The fourth-order valence-corrected chi connectivity index (χ4v) is 3.32. The Morgan fingerprint density at radius 2 is 2.13 bits per heavy atom. The van der Waals surface area contributed by atoms with Gasteiger partial charge in [0.2, 0.25) is 0 Å². The average Bonchev–Trinajstić information content (AvgIpc) is 2.76. The minimum Gasteiger partial charge on any atom is -0.330 e. The van der Waals surface area contributed by atoms with Crippen molar-refractivity contribution >= 4 is 11.3 Å². The van der Waals surface area contributed by atoms with E-state index < -0.39 is 0 Å². The van der Waals surface area contributed by atoms with Crippen molar-refractivity contribution in [1.82, 2.24) is 0 Å². The number of fused-ring (bicyclic) bond motifs is 3. The molecule has 0 amide bonds. The first kappa shape index (κ1) is 9.07. The summed E-state index contributed by atoms with van der Waals surface area (Å²) in [4.78, 5) is 1.05. The van der Waals surface area contributed by atoms with Gasteiger partial charge in [0.05, 0.1) is 0 Å². The van der Waals surface area contributed by atoms with Gasteiger partial charge in [-0.15, -0.1) is 11.3 Å². The smallest absolute Gasteiger partial charge is 0.132 e. The second kappa shape index (κ2) is 3.15. The Kier molecular flexibility index (Phi) is 1.90. The van der Waals surface area contributed by atoms with Gasteiger partial charge in [0.15, 0.2) is 0 Å². The molecule has 3 heteroatoms. The molecule has 3 rings (SSSR count). The van der Waals surface area contributed by atoms with Crippen LogP contribution in [0.4, 0.5) is 4.39 Å². The molecule has 0 aliphatic heterocycles. The minimum absolute atomic E-state index is 0.132. The largest absolute Gasteiger partial charge is 0.330 e. The van der Waals surface area contributed by atoms with Crippen molar-refractivity contribution in [3.05, 3.63) is 46.6 Å². The van der Waals surface area contributed by atoms with Gasteiger partial charge in [-0.05, 0) is 28.6 Å². The lowest BCUT2D eigenvalue weighted by molar-refractivity contribution is 0.630. The highest BCUT2D eigenvalue weighted by Gasteiger charge is 2.30. The molecule has 1 nitrogen and oxygen atoms in total. The van der Waals surface area contributed by atoms with Gasteiger partial charge in [-0.1, -0.05) is 12.1 Å². The fourth-order valence-electron chi connectivity index (χ4n) is 2.29. The lowest BCUT2D eigenvalue weighted by Crippen LogP contribution is -2.10. The Bertz CT molecular complexity index is 518. The second-order valence-corrected chi connectivity index (χ2v) is 4.61. The normalized spacial score (nSPS) is 17.6. The molecule has 76 valence electrons. The topological polar surface area (TPSA) is 26.0 Å². The molecule has 1 aliphatic rings. The van der Waals surface area contributed by atoms with Gasteiger partial charge in [0, 0.05) is 22.9 Å². The molecule has 0 saturated heterocycles. The molecule has 0 radical (unpaired) electrons. The van der Waals surface area contributed by atoms with Gasteiger partial charge in [0.1, 0.15) is 5.82 Å². The van der Waals surface area contributed by atoms with E-state index >= 15 is 0 Å². The Balaban J connectivity index is 2.34. The van der Waals surface area contributed by atoms with Gasteiger partial charge in [-0.25, -0.2) is 4.39 Å². The molecular formula is C12H10FNS. The average molecular weight is 219 g/mol. The van der Waals surface area contributed by atoms with Crippen molar-refractivity contribution < 1.29 is 4.39 Å². The maximum absolute atomic E-state index is 13.7. The lowest BCUT2D eigenvalue weighted by Gasteiger charge is -2.08. The van der Waals surface area contributed by atoms with Crippen molar-refractivity contribution in [1.29, 1.82) is 0 Å². The van der Waals surface area contributed by atoms with Crippen molar-refractivity contribution in [2.75, 3.05) is 6.54 Å². The zero-order chi connectivity index (χ0) is 10.4. The van der Waals surface area contributed by atoms with Crippen LogP contribution < -0.4 is 5.73 Å². The van der Waals surface area contributed by atoms with E-state index in [9.17, 15) is 4.39 Å². The molecule has 0 fully saturated rings. The Labute approximate surface area is 91.4 Å². The standard InChI is InChI=1S/C12H10FNS/c13-10-3-1-2-7-9(6-14)8-4-5-15-12(8)11(7)10/h1-5,9H,6,14H2. The summed E-state index contributed by atoms with van der Waals surface area (Å²) in [7, 11) is 0. The molecule has 1 aromatic carbocycles. The number of thiophene rings is 1. The molecule has 2 N–H and O–H groups in total. The minimum atomic E-state index is -0.132. The van der Waals surface area contributed by atoms with Crippen LogP contribution in [0.15, 0.2) is 29.6 Å². The molecule has 1 atom stereocenters. The zero-order valence-electron chi connectivity index (χ0n) is 8.03. The number of rotatable bonds is 1. The molecular weight excluding hydrogens is 209 g/mol. The fraction of sp³-hybridized carbons (Fsp3) is 0.167. The van der Waals surface area contributed by atoms with Crippen LogP contribution in [0.3, 0.4) is 0 Å². The summed E-state index contributed by atoms with van der Waals surface area (Å²) in [6, 6.07) is 7.30. The van der Waals surface area contributed by atoms with Crippen molar-refractivity contribution in [2.24, 2.45) is 5.73 Å². The maximum atomic E-state index is 13.7. The number of nitrogens with two attached hydrogens (primary N) is 1. The van der Waals surface area contributed by atoms with Crippen LogP contribution in [0.25, 0.3) is 10.4 Å². The van der Waals surface area contributed by atoms with Gasteiger partial charge in [0.25, 0.3) is 0 Å². The first-order valence-corrected chi connectivity index (χ1v) is 5.77. The summed E-state index contributed by atoms with van der Waals surface area (Å²) < 4.78 is 13.7. The van der Waals surface area contributed by atoms with Crippen LogP contribution in [0.5, 0.6) is 0 Å². The molecule has 0 spiro atoms. The third-order valence-electron chi connectivity index (χ3n) is 2.96. The Morgan fingerprint density at radius 1 is 1.27 bits per heavy atom. The zero-order valence-corrected chi connectivity index (χ0v) is 8.85. The molecule has 15 heavy (non-hydrogen) atoms. The molecule has 0 bridgehead atoms. The van der Waals surface area contributed by atoms with Crippen molar-refractivity contribution in [3.8, 4) is 10.4 Å². The van der Waals surface area contributed by atoms with Crippen molar-refractivity contribution in [3.63, 3.8) is 0 Å². The summed E-state index contributed by atoms with van der Waals surface area (Å²) in [5.41, 5.74) is 8.74. The summed E-state index contributed by atoms with van der Waals surface area (Å²) in [5.74, 6) is 0.0455. The summed E-state index contributed by atoms with van der Waals surface area (Å²) >= 11 is 1.59. The van der Waals surface area contributed by atoms with Gasteiger partial charge < -0.3 is 5.73 Å². The van der Waals surface area contributed by atoms with Crippen LogP contribution in [-0.4, -0.2) is 6.54 Å². The van der Waals surface area contributed by atoms with Gasteiger partial charge in [-0.2, -0.15) is 0 Å². The van der Waals surface area contributed by atoms with Gasteiger partial charge >= 0.3 is 0 Å². The highest BCUT2D eigenvalue weighted by Crippen LogP contribution is 2.48. The SMILES string of the molecule is NCC1c2ccsc2-c2c(F)cccc21. The highest BCUT2D eigenvalue weighted by molar-refractivity contribution is 7.13. The molecule has 1 aliphatic carbocycles. The molecule has 1 aromatic heterocycles. The summed E-state index contributed by atoms with van der Waals surface area (Å²) in [6.07, 6.45) is 0. The van der Waals surface area contributed by atoms with E-state index in [-0.39, 0.29) is 11.7 Å². The number of hydrogen-bond acceptors (Lipinski definition) is 2. The lowest BCUT2D eigenvalue weighted by atomic mass is 9.98. The van der Waals surface area contributed by atoms with E-state index in [0.29, 0.717) is 6.54 Å². The third kappa shape index (κ3) is 1.10. The van der Waals surface area contributed by atoms with Gasteiger partial charge in [-0.3, -0.25) is 0 Å².